The van der Waals surface area contributed by atoms with Gasteiger partial charge in [-0.3, -0.25) is 0 Å². The molecule has 18 heavy (non-hydrogen) atoms. The fraction of sp³-hybridized carbons (Fsp3) is 0.308. The zero-order valence-corrected chi connectivity index (χ0v) is 10.8. The van der Waals surface area contributed by atoms with Crippen LogP contribution in [-0.4, -0.2) is 16.0 Å². The van der Waals surface area contributed by atoms with Gasteiger partial charge in [-0.25, -0.2) is 9.37 Å². The number of H-pyrrole nitrogens is 1. The summed E-state index contributed by atoms with van der Waals surface area (Å²) in [4.78, 5) is 7.45. The first kappa shape index (κ1) is 13.1. The number of rotatable bonds is 4. The molecule has 0 radical (unpaired) electrons. The number of nitrogens with one attached hydrogen (secondary N) is 1. The SMILES string of the molecule is CC(N)CCc1ncc(-c2ccc(F)c(Cl)c2)[nH]1. The summed E-state index contributed by atoms with van der Waals surface area (Å²) in [5, 5.41) is 0.110. The molecular weight excluding hydrogens is 253 g/mol. The van der Waals surface area contributed by atoms with Crippen LogP contribution in [0.2, 0.25) is 5.02 Å². The summed E-state index contributed by atoms with van der Waals surface area (Å²) in [6.07, 6.45) is 3.39. The van der Waals surface area contributed by atoms with Gasteiger partial charge in [0.2, 0.25) is 0 Å². The molecule has 0 saturated carbocycles. The van der Waals surface area contributed by atoms with Crippen molar-refractivity contribution in [2.45, 2.75) is 25.8 Å². The molecule has 0 aliphatic carbocycles. The van der Waals surface area contributed by atoms with Crippen molar-refractivity contribution in [1.29, 1.82) is 0 Å². The lowest BCUT2D eigenvalue weighted by Gasteiger charge is -2.02. The molecule has 3 N–H and O–H groups in total. The molecule has 0 aliphatic heterocycles. The third-order valence-electron chi connectivity index (χ3n) is 2.70. The molecule has 0 spiro atoms. The average molecular weight is 268 g/mol. The van der Waals surface area contributed by atoms with Crippen LogP contribution in [0.5, 0.6) is 0 Å². The van der Waals surface area contributed by atoms with E-state index < -0.39 is 5.82 Å². The van der Waals surface area contributed by atoms with Gasteiger partial charge in [-0.05, 0) is 31.5 Å². The molecule has 0 bridgehead atoms. The van der Waals surface area contributed by atoms with Crippen LogP contribution in [0.3, 0.4) is 0 Å². The number of aromatic amines is 1. The van der Waals surface area contributed by atoms with Crippen LogP contribution in [0, 0.1) is 5.82 Å². The van der Waals surface area contributed by atoms with E-state index in [1.54, 1.807) is 18.3 Å². The molecule has 96 valence electrons. The Balaban J connectivity index is 2.16. The van der Waals surface area contributed by atoms with Crippen LogP contribution in [0.4, 0.5) is 4.39 Å². The summed E-state index contributed by atoms with van der Waals surface area (Å²) >= 11 is 5.75. The number of aromatic nitrogens is 2. The van der Waals surface area contributed by atoms with Crippen molar-refractivity contribution in [2.75, 3.05) is 0 Å². The van der Waals surface area contributed by atoms with Crippen LogP contribution in [0.1, 0.15) is 19.2 Å². The minimum absolute atomic E-state index is 0.110. The van der Waals surface area contributed by atoms with E-state index in [0.717, 1.165) is 29.9 Å². The second-order valence-corrected chi connectivity index (χ2v) is 4.80. The molecule has 1 heterocycles. The van der Waals surface area contributed by atoms with E-state index in [1.165, 1.54) is 6.07 Å². The maximum Gasteiger partial charge on any atom is 0.141 e. The lowest BCUT2D eigenvalue weighted by Crippen LogP contribution is -2.15. The minimum atomic E-state index is -0.419. The van der Waals surface area contributed by atoms with Crippen LogP contribution < -0.4 is 5.73 Å². The molecule has 1 atom stereocenters. The number of imidazole rings is 1. The summed E-state index contributed by atoms with van der Waals surface area (Å²) in [6.45, 7) is 1.96. The highest BCUT2D eigenvalue weighted by molar-refractivity contribution is 6.31. The highest BCUT2D eigenvalue weighted by Gasteiger charge is 2.07. The molecule has 0 aliphatic rings. The van der Waals surface area contributed by atoms with Crippen molar-refractivity contribution < 1.29 is 4.39 Å². The molecule has 0 saturated heterocycles. The quantitative estimate of drug-likeness (QED) is 0.894. The Labute approximate surface area is 110 Å². The number of aryl methyl sites for hydroxylation is 1. The largest absolute Gasteiger partial charge is 0.342 e. The number of hydrogen-bond donors (Lipinski definition) is 2. The molecule has 1 aromatic carbocycles. The standard InChI is InChI=1S/C13H15ClFN3/c1-8(16)2-5-13-17-7-12(18-13)9-3-4-11(15)10(14)6-9/h3-4,6-8H,2,5,16H2,1H3,(H,17,18). The van der Waals surface area contributed by atoms with Crippen molar-refractivity contribution in [1.82, 2.24) is 9.97 Å². The van der Waals surface area contributed by atoms with E-state index in [1.807, 2.05) is 6.92 Å². The van der Waals surface area contributed by atoms with Gasteiger partial charge in [-0.15, -0.1) is 0 Å². The third kappa shape index (κ3) is 3.09. The molecule has 1 aromatic heterocycles. The average Bonchev–Trinajstić information content (AvgIpc) is 2.79. The number of nitrogens with zero attached hydrogens (tertiary/aromatic N) is 1. The molecule has 2 rings (SSSR count). The van der Waals surface area contributed by atoms with Crippen molar-refractivity contribution in [3.8, 4) is 11.3 Å². The Morgan fingerprint density at radius 2 is 2.28 bits per heavy atom. The molecule has 3 nitrogen and oxygen atoms in total. The number of nitrogens with two attached hydrogens (primary N) is 1. The van der Waals surface area contributed by atoms with Crippen molar-refractivity contribution in [3.05, 3.63) is 41.1 Å². The normalized spacial score (nSPS) is 12.7. The Morgan fingerprint density at radius 1 is 1.50 bits per heavy atom. The third-order valence-corrected chi connectivity index (χ3v) is 2.99. The first-order valence-electron chi connectivity index (χ1n) is 5.81. The van der Waals surface area contributed by atoms with Crippen molar-refractivity contribution in [2.24, 2.45) is 5.73 Å². The summed E-state index contributed by atoms with van der Waals surface area (Å²) in [6, 6.07) is 4.75. The molecule has 5 heteroatoms. The predicted molar refractivity (Wildman–Crippen MR) is 71.0 cm³/mol. The molecule has 1 unspecified atom stereocenters. The molecule has 0 amide bonds. The van der Waals surface area contributed by atoms with Crippen LogP contribution in [0.25, 0.3) is 11.3 Å². The number of halogens is 2. The first-order chi connectivity index (χ1) is 8.56. The fourth-order valence-corrected chi connectivity index (χ4v) is 1.84. The maximum absolute atomic E-state index is 13.1. The molecule has 2 aromatic rings. The van der Waals surface area contributed by atoms with Crippen molar-refractivity contribution in [3.63, 3.8) is 0 Å². The Hall–Kier alpha value is -1.39. The molecule has 0 fully saturated rings. The fourth-order valence-electron chi connectivity index (χ4n) is 1.66. The van der Waals surface area contributed by atoms with Gasteiger partial charge >= 0.3 is 0 Å². The number of benzene rings is 1. The highest BCUT2D eigenvalue weighted by Crippen LogP contribution is 2.23. The van der Waals surface area contributed by atoms with Gasteiger partial charge in [0.25, 0.3) is 0 Å². The van der Waals surface area contributed by atoms with Gasteiger partial charge in [-0.2, -0.15) is 0 Å². The zero-order valence-electron chi connectivity index (χ0n) is 10.1. The van der Waals surface area contributed by atoms with Crippen molar-refractivity contribution >= 4 is 11.6 Å². The summed E-state index contributed by atoms with van der Waals surface area (Å²) in [5.74, 6) is 0.458. The number of hydrogen-bond acceptors (Lipinski definition) is 2. The Bertz CT molecular complexity index is 537. The second-order valence-electron chi connectivity index (χ2n) is 4.39. The van der Waals surface area contributed by atoms with Gasteiger partial charge in [0.15, 0.2) is 0 Å². The monoisotopic (exact) mass is 267 g/mol. The lowest BCUT2D eigenvalue weighted by atomic mass is 10.1. The van der Waals surface area contributed by atoms with E-state index in [0.29, 0.717) is 0 Å². The van der Waals surface area contributed by atoms with Crippen LogP contribution in [0.15, 0.2) is 24.4 Å². The summed E-state index contributed by atoms with van der Waals surface area (Å²) < 4.78 is 13.1. The van der Waals surface area contributed by atoms with Gasteiger partial charge in [0.05, 0.1) is 16.9 Å². The maximum atomic E-state index is 13.1. The van der Waals surface area contributed by atoms with Gasteiger partial charge < -0.3 is 10.7 Å². The van der Waals surface area contributed by atoms with Gasteiger partial charge in [0, 0.05) is 18.0 Å². The van der Waals surface area contributed by atoms with Crippen LogP contribution >= 0.6 is 11.6 Å². The summed E-state index contributed by atoms with van der Waals surface area (Å²) in [7, 11) is 0. The lowest BCUT2D eigenvalue weighted by molar-refractivity contribution is 0.628. The summed E-state index contributed by atoms with van der Waals surface area (Å²) in [5.41, 5.74) is 7.34. The van der Waals surface area contributed by atoms with E-state index in [4.69, 9.17) is 17.3 Å². The zero-order chi connectivity index (χ0) is 13.1. The highest BCUT2D eigenvalue weighted by atomic mass is 35.5. The Kier molecular flexibility index (Phi) is 3.99. The van der Waals surface area contributed by atoms with E-state index in [2.05, 4.69) is 9.97 Å². The predicted octanol–water partition coefficient (Wildman–Crippen LogP) is 3.15. The van der Waals surface area contributed by atoms with Gasteiger partial charge in [0.1, 0.15) is 11.6 Å². The minimum Gasteiger partial charge on any atom is -0.342 e. The second kappa shape index (κ2) is 5.50. The Morgan fingerprint density at radius 3 is 2.94 bits per heavy atom. The molecular formula is C13H15ClFN3. The first-order valence-corrected chi connectivity index (χ1v) is 6.19. The van der Waals surface area contributed by atoms with E-state index >= 15 is 0 Å². The van der Waals surface area contributed by atoms with Crippen LogP contribution in [-0.2, 0) is 6.42 Å². The van der Waals surface area contributed by atoms with E-state index in [-0.39, 0.29) is 11.1 Å². The smallest absolute Gasteiger partial charge is 0.141 e. The topological polar surface area (TPSA) is 54.7 Å². The van der Waals surface area contributed by atoms with Gasteiger partial charge in [-0.1, -0.05) is 11.6 Å². The van der Waals surface area contributed by atoms with E-state index in [9.17, 15) is 4.39 Å².